The van der Waals surface area contributed by atoms with Gasteiger partial charge in [-0.15, -0.1) is 0 Å². The lowest BCUT2D eigenvalue weighted by molar-refractivity contribution is -0.143. The highest BCUT2D eigenvalue weighted by Crippen LogP contribution is 2.36. The average molecular weight is 513 g/mol. The van der Waals surface area contributed by atoms with Gasteiger partial charge in [-0.2, -0.15) is 31.3 Å². The molecule has 166 valence electrons. The maximum Gasteiger partial charge on any atom is 0.416 e. The van der Waals surface area contributed by atoms with E-state index in [2.05, 4.69) is 20.9 Å². The summed E-state index contributed by atoms with van der Waals surface area (Å²) in [5.41, 5.74) is 1.16. The van der Waals surface area contributed by atoms with Crippen molar-refractivity contribution in [2.45, 2.75) is 12.4 Å². The lowest BCUT2D eigenvalue weighted by Crippen LogP contribution is -2.20. The van der Waals surface area contributed by atoms with Gasteiger partial charge in [0, 0.05) is 10.0 Å². The monoisotopic (exact) mass is 512 g/mol. The normalized spacial score (nSPS) is 12.5. The topological polar surface area (TPSA) is 102 Å². The summed E-state index contributed by atoms with van der Waals surface area (Å²) in [6.07, 6.45) is -10.2. The Morgan fingerprint density at radius 3 is 2.03 bits per heavy atom. The van der Waals surface area contributed by atoms with Gasteiger partial charge >= 0.3 is 18.3 Å². The molecule has 6 nitrogen and oxygen atoms in total. The Bertz CT molecular complexity index is 1020. The molecule has 0 aliphatic carbocycles. The number of rotatable bonds is 5. The Hall–Kier alpha value is -3.09. The number of alkyl halides is 6. The van der Waals surface area contributed by atoms with Crippen LogP contribution in [0.5, 0.6) is 5.75 Å². The third-order valence-corrected chi connectivity index (χ3v) is 4.12. The molecule has 31 heavy (non-hydrogen) atoms. The molecule has 0 radical (unpaired) electrons. The quantitative estimate of drug-likeness (QED) is 0.349. The second-order valence-corrected chi connectivity index (χ2v) is 6.84. The second-order valence-electron chi connectivity index (χ2n) is 5.92. The van der Waals surface area contributed by atoms with Crippen LogP contribution in [0.2, 0.25) is 0 Å². The summed E-state index contributed by atoms with van der Waals surface area (Å²) in [6, 6.07) is 4.35. The molecule has 0 heterocycles. The molecule has 0 fully saturated rings. The molecule has 0 aromatic heterocycles. The molecular formula is C18H11BrF6N2O4. The molecule has 1 amide bonds. The number of amidine groups is 1. The fourth-order valence-electron chi connectivity index (χ4n) is 2.27. The van der Waals surface area contributed by atoms with E-state index in [1.807, 2.05) is 0 Å². The average Bonchev–Trinajstić information content (AvgIpc) is 2.65. The van der Waals surface area contributed by atoms with Crippen molar-refractivity contribution < 1.29 is 45.8 Å². The molecule has 0 atom stereocenters. The predicted molar refractivity (Wildman–Crippen MR) is 98.8 cm³/mol. The van der Waals surface area contributed by atoms with Crippen LogP contribution in [0.15, 0.2) is 45.9 Å². The number of benzene rings is 2. The van der Waals surface area contributed by atoms with Crippen LogP contribution in [-0.4, -0.2) is 29.4 Å². The standard InChI is InChI=1S/C18H11BrF6N2O4/c19-11-1-2-13(31-7-14(28)29)12(6-11)16(30)27-15(26)8-3-9(17(20,21)22)5-10(4-8)18(23,24)25/h1-6H,7H2,(H,28,29)(H2,26,27,30). The van der Waals surface area contributed by atoms with Crippen LogP contribution >= 0.6 is 15.9 Å². The van der Waals surface area contributed by atoms with Crippen molar-refractivity contribution in [2.75, 3.05) is 6.61 Å². The Morgan fingerprint density at radius 1 is 1.00 bits per heavy atom. The van der Waals surface area contributed by atoms with Crippen LogP contribution in [0.25, 0.3) is 0 Å². The first kappa shape index (κ1) is 24.2. The molecule has 2 aromatic rings. The van der Waals surface area contributed by atoms with Gasteiger partial charge in [0.25, 0.3) is 5.91 Å². The number of carbonyl (C=O) groups excluding carboxylic acids is 1. The molecule has 0 aliphatic rings. The van der Waals surface area contributed by atoms with Crippen LogP contribution in [0.4, 0.5) is 26.3 Å². The number of aliphatic imine (C=N–C) groups is 1. The zero-order chi connectivity index (χ0) is 23.6. The highest BCUT2D eigenvalue weighted by molar-refractivity contribution is 9.10. The van der Waals surface area contributed by atoms with Gasteiger partial charge in [0.2, 0.25) is 0 Å². The molecule has 0 saturated carbocycles. The van der Waals surface area contributed by atoms with Crippen LogP contribution in [0.1, 0.15) is 27.0 Å². The predicted octanol–water partition coefficient (Wildman–Crippen LogP) is 4.50. The first-order valence-corrected chi connectivity index (χ1v) is 8.80. The number of carboxylic acid groups (broad SMARTS) is 1. The zero-order valence-corrected chi connectivity index (χ0v) is 16.6. The third kappa shape index (κ3) is 6.44. The Labute approximate surface area is 178 Å². The summed E-state index contributed by atoms with van der Waals surface area (Å²) in [6.45, 7) is -0.816. The van der Waals surface area contributed by atoms with Gasteiger partial charge in [-0.25, -0.2) is 4.79 Å². The van der Waals surface area contributed by atoms with Gasteiger partial charge in [-0.1, -0.05) is 15.9 Å². The highest BCUT2D eigenvalue weighted by atomic mass is 79.9. The Morgan fingerprint density at radius 2 is 1.55 bits per heavy atom. The SMILES string of the molecule is NC(=NC(=O)c1cc(Br)ccc1OCC(=O)O)c1cc(C(F)(F)F)cc(C(F)(F)F)c1. The van der Waals surface area contributed by atoms with Crippen molar-refractivity contribution >= 4 is 33.6 Å². The number of hydrogen-bond acceptors (Lipinski definition) is 3. The van der Waals surface area contributed by atoms with E-state index in [4.69, 9.17) is 15.6 Å². The molecule has 13 heteroatoms. The van der Waals surface area contributed by atoms with Crippen LogP contribution in [0.3, 0.4) is 0 Å². The molecule has 2 rings (SSSR count). The summed E-state index contributed by atoms with van der Waals surface area (Å²) >= 11 is 3.06. The van der Waals surface area contributed by atoms with Crippen molar-refractivity contribution in [2.24, 2.45) is 10.7 Å². The smallest absolute Gasteiger partial charge is 0.416 e. The van der Waals surface area contributed by atoms with Crippen molar-refractivity contribution in [1.82, 2.24) is 0 Å². The van der Waals surface area contributed by atoms with E-state index < -0.39 is 53.4 Å². The largest absolute Gasteiger partial charge is 0.481 e. The fourth-order valence-corrected chi connectivity index (χ4v) is 2.63. The summed E-state index contributed by atoms with van der Waals surface area (Å²) < 4.78 is 83.2. The maximum atomic E-state index is 13.0. The molecule has 0 aliphatic heterocycles. The minimum absolute atomic E-state index is 0.0925. The number of aliphatic carboxylic acids is 1. The molecule has 0 bridgehead atoms. The lowest BCUT2D eigenvalue weighted by Gasteiger charge is -2.14. The summed E-state index contributed by atoms with van der Waals surface area (Å²) in [5.74, 6) is -3.67. The van der Waals surface area contributed by atoms with Crippen molar-refractivity contribution in [3.05, 3.63) is 63.1 Å². The lowest BCUT2D eigenvalue weighted by atomic mass is 10.0. The van der Waals surface area contributed by atoms with Crippen molar-refractivity contribution in [3.63, 3.8) is 0 Å². The highest BCUT2D eigenvalue weighted by Gasteiger charge is 2.37. The van der Waals surface area contributed by atoms with Crippen LogP contribution in [-0.2, 0) is 17.1 Å². The first-order chi connectivity index (χ1) is 14.2. The maximum absolute atomic E-state index is 13.0. The van der Waals surface area contributed by atoms with E-state index in [0.717, 1.165) is 0 Å². The van der Waals surface area contributed by atoms with Crippen LogP contribution in [0, 0.1) is 0 Å². The third-order valence-electron chi connectivity index (χ3n) is 3.63. The number of nitrogens with two attached hydrogens (primary N) is 1. The summed E-state index contributed by atoms with van der Waals surface area (Å²) in [4.78, 5) is 26.5. The van der Waals surface area contributed by atoms with E-state index >= 15 is 0 Å². The Kier molecular flexibility index (Phi) is 6.99. The number of carboxylic acids is 1. The van der Waals surface area contributed by atoms with E-state index in [-0.39, 0.29) is 17.4 Å². The van der Waals surface area contributed by atoms with Crippen molar-refractivity contribution in [1.29, 1.82) is 0 Å². The zero-order valence-electron chi connectivity index (χ0n) is 15.0. The summed E-state index contributed by atoms with van der Waals surface area (Å²) in [5, 5.41) is 8.69. The van der Waals surface area contributed by atoms with Gasteiger partial charge in [0.15, 0.2) is 6.61 Å². The van der Waals surface area contributed by atoms with Gasteiger partial charge < -0.3 is 15.6 Å². The number of amides is 1. The Balaban J connectivity index is 2.51. The van der Waals surface area contributed by atoms with E-state index in [1.54, 1.807) is 0 Å². The molecule has 3 N–H and O–H groups in total. The number of carbonyl (C=O) groups is 2. The molecule has 0 unspecified atom stereocenters. The molecule has 0 spiro atoms. The molecule has 0 saturated heterocycles. The van der Waals surface area contributed by atoms with Crippen molar-refractivity contribution in [3.8, 4) is 5.75 Å². The number of hydrogen-bond donors (Lipinski definition) is 2. The molecule has 2 aromatic carbocycles. The fraction of sp³-hybridized carbons (Fsp3) is 0.167. The minimum Gasteiger partial charge on any atom is -0.481 e. The van der Waals surface area contributed by atoms with E-state index in [1.165, 1.54) is 18.2 Å². The van der Waals surface area contributed by atoms with Gasteiger partial charge in [0.05, 0.1) is 16.7 Å². The van der Waals surface area contributed by atoms with Gasteiger partial charge in [-0.3, -0.25) is 4.79 Å². The van der Waals surface area contributed by atoms with Gasteiger partial charge in [-0.05, 0) is 36.4 Å². The second kappa shape index (κ2) is 8.96. The molecular weight excluding hydrogens is 502 g/mol. The first-order valence-electron chi connectivity index (χ1n) is 8.01. The summed E-state index contributed by atoms with van der Waals surface area (Å²) in [7, 11) is 0. The van der Waals surface area contributed by atoms with E-state index in [9.17, 15) is 35.9 Å². The number of nitrogens with zero attached hydrogens (tertiary/aromatic N) is 1. The van der Waals surface area contributed by atoms with Gasteiger partial charge in [0.1, 0.15) is 11.6 Å². The number of ether oxygens (including phenoxy) is 1. The minimum atomic E-state index is -5.11. The number of halogens is 7. The van der Waals surface area contributed by atoms with E-state index in [0.29, 0.717) is 16.6 Å². The van der Waals surface area contributed by atoms with Crippen LogP contribution < -0.4 is 10.5 Å².